The predicted octanol–water partition coefficient (Wildman–Crippen LogP) is -0.463. The molecule has 32 heavy (non-hydrogen) atoms. The van der Waals surface area contributed by atoms with Crippen molar-refractivity contribution < 1.29 is 39.6 Å². The first-order valence-electron chi connectivity index (χ1n) is 9.45. The summed E-state index contributed by atoms with van der Waals surface area (Å²) in [6, 6.07) is 11.3. The average Bonchev–Trinajstić information content (AvgIpc) is 2.80. The lowest BCUT2D eigenvalue weighted by Gasteiger charge is -2.39. The number of hydrazone groups is 1. The molecule has 0 bridgehead atoms. The summed E-state index contributed by atoms with van der Waals surface area (Å²) in [5.74, 6) is -0.317. The summed E-state index contributed by atoms with van der Waals surface area (Å²) in [5.41, 5.74) is 3.06. The Hall–Kier alpha value is -3.42. The number of aliphatic hydroxyl groups excluding tert-OH is 4. The van der Waals surface area contributed by atoms with Crippen LogP contribution in [0.2, 0.25) is 0 Å². The van der Waals surface area contributed by atoms with E-state index in [9.17, 15) is 35.3 Å². The van der Waals surface area contributed by atoms with E-state index in [0.717, 1.165) is 0 Å². The molecule has 1 saturated heterocycles. The molecule has 0 aromatic heterocycles. The molecule has 1 aliphatic heterocycles. The van der Waals surface area contributed by atoms with Gasteiger partial charge in [-0.15, -0.1) is 0 Å². The zero-order valence-electron chi connectivity index (χ0n) is 16.5. The number of benzene rings is 2. The largest absolute Gasteiger partial charge is 0.462 e. The van der Waals surface area contributed by atoms with Crippen LogP contribution in [0.25, 0.3) is 0 Å². The normalized spacial score (nSPS) is 25.4. The van der Waals surface area contributed by atoms with Gasteiger partial charge in [-0.25, -0.2) is 5.43 Å². The molecule has 1 heterocycles. The summed E-state index contributed by atoms with van der Waals surface area (Å²) < 4.78 is 10.7. The third kappa shape index (κ3) is 5.43. The number of rotatable bonds is 7. The number of carbonyl (C=O) groups is 1. The van der Waals surface area contributed by atoms with Crippen molar-refractivity contribution in [3.05, 3.63) is 69.8 Å². The molecule has 0 spiro atoms. The van der Waals surface area contributed by atoms with Crippen LogP contribution in [0.15, 0.2) is 53.6 Å². The minimum absolute atomic E-state index is 0.0581. The number of nitro benzene ring substituents is 1. The molecule has 1 fully saturated rings. The summed E-state index contributed by atoms with van der Waals surface area (Å²) in [6.07, 6.45) is -5.71. The van der Waals surface area contributed by atoms with Gasteiger partial charge in [0.05, 0.1) is 17.7 Å². The smallest absolute Gasteiger partial charge is 0.271 e. The molecule has 12 heteroatoms. The third-order valence-corrected chi connectivity index (χ3v) is 4.70. The highest BCUT2D eigenvalue weighted by molar-refractivity contribution is 5.95. The quantitative estimate of drug-likeness (QED) is 0.213. The van der Waals surface area contributed by atoms with Crippen LogP contribution >= 0.6 is 0 Å². The molecule has 0 unspecified atom stereocenters. The van der Waals surface area contributed by atoms with Crippen molar-refractivity contribution in [3.63, 3.8) is 0 Å². The molecule has 170 valence electrons. The van der Waals surface area contributed by atoms with E-state index in [-0.39, 0.29) is 17.0 Å². The number of nitrogens with zero attached hydrogens (tertiary/aromatic N) is 2. The molecule has 0 aliphatic carbocycles. The molecule has 5 atom stereocenters. The fourth-order valence-corrected chi connectivity index (χ4v) is 2.90. The van der Waals surface area contributed by atoms with Gasteiger partial charge >= 0.3 is 0 Å². The predicted molar refractivity (Wildman–Crippen MR) is 109 cm³/mol. The van der Waals surface area contributed by atoms with Crippen molar-refractivity contribution in [2.45, 2.75) is 30.7 Å². The molecular formula is C20H21N3O9. The number of non-ortho nitro benzene ring substituents is 1. The Morgan fingerprint density at radius 3 is 2.34 bits per heavy atom. The van der Waals surface area contributed by atoms with Crippen LogP contribution in [0.1, 0.15) is 15.9 Å². The van der Waals surface area contributed by atoms with Gasteiger partial charge in [0.25, 0.3) is 11.6 Å². The first-order valence-corrected chi connectivity index (χ1v) is 9.45. The lowest BCUT2D eigenvalue weighted by Crippen LogP contribution is -2.60. The highest BCUT2D eigenvalue weighted by Crippen LogP contribution is 2.24. The second-order valence-corrected chi connectivity index (χ2v) is 6.89. The fraction of sp³-hybridized carbons (Fsp3) is 0.300. The summed E-state index contributed by atoms with van der Waals surface area (Å²) in [5, 5.41) is 53.2. The Morgan fingerprint density at radius 1 is 1.09 bits per heavy atom. The van der Waals surface area contributed by atoms with Crippen LogP contribution in [-0.2, 0) is 4.74 Å². The highest BCUT2D eigenvalue weighted by Gasteiger charge is 2.44. The molecule has 0 saturated carbocycles. The Balaban J connectivity index is 1.56. The number of amides is 1. The zero-order valence-corrected chi connectivity index (χ0v) is 16.5. The summed E-state index contributed by atoms with van der Waals surface area (Å²) in [6.45, 7) is -0.579. The van der Waals surface area contributed by atoms with Crippen molar-refractivity contribution in [3.8, 4) is 5.75 Å². The van der Waals surface area contributed by atoms with Gasteiger partial charge in [0, 0.05) is 17.7 Å². The van der Waals surface area contributed by atoms with Crippen molar-refractivity contribution in [2.75, 3.05) is 6.61 Å². The van der Waals surface area contributed by atoms with Crippen LogP contribution in [-0.4, -0.2) is 74.8 Å². The van der Waals surface area contributed by atoms with E-state index in [1.807, 2.05) is 0 Å². The Kier molecular flexibility index (Phi) is 7.45. The topological polar surface area (TPSA) is 184 Å². The van der Waals surface area contributed by atoms with E-state index >= 15 is 0 Å². The van der Waals surface area contributed by atoms with Crippen molar-refractivity contribution in [1.82, 2.24) is 5.43 Å². The standard InChI is InChI=1S/C20H21N3O9/c24-10-15-16(25)17(26)18(27)20(32-15)31-14-7-3-12(4-8-14)19(28)22-21-9-11-1-5-13(6-2-11)23(29)30/h1-9,15-18,20,24-27H,10H2,(H,22,28)/b21-9+/t15-,16-,17+,18-,20-/m1/s1. The van der Waals surface area contributed by atoms with E-state index in [1.165, 1.54) is 54.7 Å². The second kappa shape index (κ2) is 10.3. The van der Waals surface area contributed by atoms with Gasteiger partial charge < -0.3 is 29.9 Å². The SMILES string of the molecule is O=C(N/N=C/c1ccc([N+](=O)[O-])cc1)c1ccc(O[C@@H]2O[C@H](CO)[C@@H](O)[C@H](O)[C@H]2O)cc1. The molecule has 0 radical (unpaired) electrons. The number of nitrogens with one attached hydrogen (secondary N) is 1. The lowest BCUT2D eigenvalue weighted by molar-refractivity contribution is -0.384. The molecule has 5 N–H and O–H groups in total. The number of ether oxygens (including phenoxy) is 2. The molecule has 1 aliphatic rings. The van der Waals surface area contributed by atoms with Crippen LogP contribution < -0.4 is 10.2 Å². The van der Waals surface area contributed by atoms with Crippen molar-refractivity contribution in [1.29, 1.82) is 0 Å². The lowest BCUT2D eigenvalue weighted by atomic mass is 9.99. The minimum atomic E-state index is -1.57. The zero-order chi connectivity index (χ0) is 23.3. The minimum Gasteiger partial charge on any atom is -0.462 e. The van der Waals surface area contributed by atoms with Gasteiger partial charge in [0.15, 0.2) is 0 Å². The van der Waals surface area contributed by atoms with Crippen LogP contribution in [0.3, 0.4) is 0 Å². The van der Waals surface area contributed by atoms with E-state index in [4.69, 9.17) is 9.47 Å². The summed E-state index contributed by atoms with van der Waals surface area (Å²) in [7, 11) is 0. The molecular weight excluding hydrogens is 426 g/mol. The van der Waals surface area contributed by atoms with Gasteiger partial charge in [-0.2, -0.15) is 5.10 Å². The number of hydrogen-bond acceptors (Lipinski definition) is 10. The van der Waals surface area contributed by atoms with Gasteiger partial charge in [0.1, 0.15) is 30.2 Å². The van der Waals surface area contributed by atoms with E-state index in [0.29, 0.717) is 5.56 Å². The Labute approximate surface area is 181 Å². The van der Waals surface area contributed by atoms with Gasteiger partial charge in [-0.05, 0) is 42.0 Å². The van der Waals surface area contributed by atoms with E-state index in [1.54, 1.807) is 0 Å². The van der Waals surface area contributed by atoms with Gasteiger partial charge in [-0.1, -0.05) is 0 Å². The third-order valence-electron chi connectivity index (χ3n) is 4.70. The Morgan fingerprint density at radius 2 is 1.75 bits per heavy atom. The van der Waals surface area contributed by atoms with Crippen molar-refractivity contribution in [2.24, 2.45) is 5.10 Å². The second-order valence-electron chi connectivity index (χ2n) is 6.89. The number of nitro groups is 1. The van der Waals surface area contributed by atoms with E-state index < -0.39 is 48.1 Å². The summed E-state index contributed by atoms with van der Waals surface area (Å²) in [4.78, 5) is 22.3. The number of carbonyl (C=O) groups excluding carboxylic acids is 1. The Bertz CT molecular complexity index is 963. The average molecular weight is 447 g/mol. The van der Waals surface area contributed by atoms with Gasteiger partial charge in [-0.3, -0.25) is 14.9 Å². The monoisotopic (exact) mass is 447 g/mol. The van der Waals surface area contributed by atoms with Crippen LogP contribution in [0.5, 0.6) is 5.75 Å². The maximum absolute atomic E-state index is 12.2. The molecule has 2 aromatic rings. The molecule has 3 rings (SSSR count). The van der Waals surface area contributed by atoms with Crippen LogP contribution in [0.4, 0.5) is 5.69 Å². The van der Waals surface area contributed by atoms with E-state index in [2.05, 4.69) is 10.5 Å². The molecule has 12 nitrogen and oxygen atoms in total. The maximum atomic E-state index is 12.2. The van der Waals surface area contributed by atoms with Crippen molar-refractivity contribution >= 4 is 17.8 Å². The van der Waals surface area contributed by atoms with Crippen LogP contribution in [0, 0.1) is 10.1 Å². The molecule has 1 amide bonds. The number of hydrogen-bond donors (Lipinski definition) is 5. The first kappa shape index (κ1) is 23.2. The maximum Gasteiger partial charge on any atom is 0.271 e. The highest BCUT2D eigenvalue weighted by atomic mass is 16.7. The van der Waals surface area contributed by atoms with Gasteiger partial charge in [0.2, 0.25) is 6.29 Å². The molecule has 2 aromatic carbocycles. The summed E-state index contributed by atoms with van der Waals surface area (Å²) >= 11 is 0. The fourth-order valence-electron chi connectivity index (χ4n) is 2.90. The first-order chi connectivity index (χ1) is 15.3. The number of aliphatic hydroxyl groups is 4.